The van der Waals surface area contributed by atoms with Gasteiger partial charge in [0.05, 0.1) is 11.7 Å². The molecule has 1 aliphatic heterocycles. The normalized spacial score (nSPS) is 27.7. The first-order chi connectivity index (χ1) is 10.4. The van der Waals surface area contributed by atoms with E-state index in [1.54, 1.807) is 0 Å². The standard InChI is InChI=1S/C16H18F3NO2/c17-16(18,19)11-5-3-10(4-6-11)13-8-14(13)15(21)20-9-12-2-1-7-22-12/h3-6,12-14H,1-2,7-9H2,(H,20,21). The van der Waals surface area contributed by atoms with Gasteiger partial charge in [0.25, 0.3) is 0 Å². The van der Waals surface area contributed by atoms with Crippen molar-refractivity contribution >= 4 is 5.91 Å². The van der Waals surface area contributed by atoms with Crippen molar-refractivity contribution in [2.24, 2.45) is 5.92 Å². The molecule has 6 heteroatoms. The van der Waals surface area contributed by atoms with Gasteiger partial charge < -0.3 is 10.1 Å². The van der Waals surface area contributed by atoms with Gasteiger partial charge in [-0.3, -0.25) is 4.79 Å². The Morgan fingerprint density at radius 2 is 2.00 bits per heavy atom. The fraction of sp³-hybridized carbons (Fsp3) is 0.562. The molecule has 2 fully saturated rings. The number of nitrogens with one attached hydrogen (secondary N) is 1. The second kappa shape index (κ2) is 5.91. The third kappa shape index (κ3) is 3.43. The Morgan fingerprint density at radius 1 is 1.27 bits per heavy atom. The molecule has 120 valence electrons. The Labute approximate surface area is 126 Å². The third-order valence-corrected chi connectivity index (χ3v) is 4.32. The first-order valence-electron chi connectivity index (χ1n) is 7.51. The van der Waals surface area contributed by atoms with Crippen LogP contribution in [0.25, 0.3) is 0 Å². The minimum absolute atomic E-state index is 0.0274. The van der Waals surface area contributed by atoms with Gasteiger partial charge in [0.2, 0.25) is 5.91 Å². The van der Waals surface area contributed by atoms with Crippen molar-refractivity contribution in [1.29, 1.82) is 0 Å². The van der Waals surface area contributed by atoms with Crippen molar-refractivity contribution < 1.29 is 22.7 Å². The van der Waals surface area contributed by atoms with Crippen LogP contribution >= 0.6 is 0 Å². The van der Waals surface area contributed by atoms with Crippen LogP contribution in [0.4, 0.5) is 13.2 Å². The van der Waals surface area contributed by atoms with Gasteiger partial charge in [-0.05, 0) is 42.9 Å². The predicted octanol–water partition coefficient (Wildman–Crippen LogP) is 3.10. The molecule has 1 aliphatic carbocycles. The average Bonchev–Trinajstić information content (AvgIpc) is 3.12. The van der Waals surface area contributed by atoms with E-state index in [9.17, 15) is 18.0 Å². The second-order valence-corrected chi connectivity index (χ2v) is 5.95. The molecule has 1 heterocycles. The summed E-state index contributed by atoms with van der Waals surface area (Å²) in [4.78, 5) is 12.0. The van der Waals surface area contributed by atoms with Crippen LogP contribution < -0.4 is 5.32 Å². The Balaban J connectivity index is 1.51. The van der Waals surface area contributed by atoms with Gasteiger partial charge in [-0.25, -0.2) is 0 Å². The number of carbonyl (C=O) groups is 1. The van der Waals surface area contributed by atoms with E-state index in [0.29, 0.717) is 13.0 Å². The van der Waals surface area contributed by atoms with Gasteiger partial charge in [-0.15, -0.1) is 0 Å². The maximum absolute atomic E-state index is 12.5. The maximum Gasteiger partial charge on any atom is 0.416 e. The second-order valence-electron chi connectivity index (χ2n) is 5.95. The Kier molecular flexibility index (Phi) is 4.12. The highest BCUT2D eigenvalue weighted by Gasteiger charge is 2.44. The van der Waals surface area contributed by atoms with E-state index in [1.165, 1.54) is 12.1 Å². The van der Waals surface area contributed by atoms with Gasteiger partial charge in [-0.2, -0.15) is 13.2 Å². The summed E-state index contributed by atoms with van der Waals surface area (Å²) in [6.45, 7) is 1.27. The lowest BCUT2D eigenvalue weighted by atomic mass is 10.1. The predicted molar refractivity (Wildman–Crippen MR) is 74.3 cm³/mol. The molecule has 0 aromatic heterocycles. The molecule has 3 atom stereocenters. The van der Waals surface area contributed by atoms with Crippen LogP contribution in [0.15, 0.2) is 24.3 Å². The van der Waals surface area contributed by atoms with Crippen molar-refractivity contribution in [2.75, 3.05) is 13.2 Å². The van der Waals surface area contributed by atoms with Crippen LogP contribution in [0.3, 0.4) is 0 Å². The average molecular weight is 313 g/mol. The van der Waals surface area contributed by atoms with E-state index in [2.05, 4.69) is 5.32 Å². The van der Waals surface area contributed by atoms with Crippen LogP contribution in [0.5, 0.6) is 0 Å². The molecule has 0 bridgehead atoms. The summed E-state index contributed by atoms with van der Waals surface area (Å²) in [5, 5.41) is 2.88. The molecule has 1 amide bonds. The van der Waals surface area contributed by atoms with Crippen LogP contribution in [0.1, 0.15) is 36.3 Å². The zero-order chi connectivity index (χ0) is 15.7. The van der Waals surface area contributed by atoms with Crippen molar-refractivity contribution in [1.82, 2.24) is 5.32 Å². The summed E-state index contributed by atoms with van der Waals surface area (Å²) in [7, 11) is 0. The highest BCUT2D eigenvalue weighted by Crippen LogP contribution is 2.48. The zero-order valence-corrected chi connectivity index (χ0v) is 12.0. The van der Waals surface area contributed by atoms with Gasteiger partial charge in [0.15, 0.2) is 0 Å². The lowest BCUT2D eigenvalue weighted by Gasteiger charge is -2.11. The topological polar surface area (TPSA) is 38.3 Å². The molecule has 1 aromatic rings. The molecule has 1 saturated heterocycles. The largest absolute Gasteiger partial charge is 0.416 e. The monoisotopic (exact) mass is 313 g/mol. The molecule has 22 heavy (non-hydrogen) atoms. The number of ether oxygens (including phenoxy) is 1. The summed E-state index contributed by atoms with van der Waals surface area (Å²) in [5.74, 6) is -0.120. The fourth-order valence-corrected chi connectivity index (χ4v) is 2.92. The highest BCUT2D eigenvalue weighted by molar-refractivity contribution is 5.82. The van der Waals surface area contributed by atoms with Crippen LogP contribution in [0.2, 0.25) is 0 Å². The molecular formula is C16H18F3NO2. The zero-order valence-electron chi connectivity index (χ0n) is 12.0. The molecule has 1 saturated carbocycles. The molecule has 3 unspecified atom stereocenters. The summed E-state index contributed by atoms with van der Waals surface area (Å²) in [5.41, 5.74) is 0.140. The van der Waals surface area contributed by atoms with Gasteiger partial charge in [0.1, 0.15) is 0 Å². The van der Waals surface area contributed by atoms with E-state index in [-0.39, 0.29) is 23.8 Å². The van der Waals surface area contributed by atoms with E-state index < -0.39 is 11.7 Å². The van der Waals surface area contributed by atoms with Gasteiger partial charge >= 0.3 is 6.18 Å². The Morgan fingerprint density at radius 3 is 2.59 bits per heavy atom. The smallest absolute Gasteiger partial charge is 0.376 e. The van der Waals surface area contributed by atoms with E-state index in [0.717, 1.165) is 37.1 Å². The summed E-state index contributed by atoms with van der Waals surface area (Å²) in [6, 6.07) is 5.10. The maximum atomic E-state index is 12.5. The quantitative estimate of drug-likeness (QED) is 0.927. The van der Waals surface area contributed by atoms with Crippen molar-refractivity contribution in [3.05, 3.63) is 35.4 Å². The Hall–Kier alpha value is -1.56. The number of alkyl halides is 3. The summed E-state index contributed by atoms with van der Waals surface area (Å²) < 4.78 is 43.0. The number of rotatable bonds is 4. The van der Waals surface area contributed by atoms with Crippen LogP contribution in [-0.4, -0.2) is 25.2 Å². The van der Waals surface area contributed by atoms with Crippen molar-refractivity contribution in [3.63, 3.8) is 0 Å². The van der Waals surface area contributed by atoms with E-state index >= 15 is 0 Å². The molecule has 1 aromatic carbocycles. The highest BCUT2D eigenvalue weighted by atomic mass is 19.4. The minimum atomic E-state index is -4.32. The molecule has 0 radical (unpaired) electrons. The number of amides is 1. The number of hydrogen-bond acceptors (Lipinski definition) is 2. The molecule has 3 nitrogen and oxygen atoms in total. The van der Waals surface area contributed by atoms with Crippen molar-refractivity contribution in [2.45, 2.75) is 37.5 Å². The first kappa shape index (κ1) is 15.3. The van der Waals surface area contributed by atoms with Crippen LogP contribution in [0, 0.1) is 5.92 Å². The Bertz CT molecular complexity index is 535. The lowest BCUT2D eigenvalue weighted by Crippen LogP contribution is -2.33. The summed E-state index contributed by atoms with van der Waals surface area (Å²) >= 11 is 0. The number of benzene rings is 1. The number of hydrogen-bond donors (Lipinski definition) is 1. The summed E-state index contributed by atoms with van der Waals surface area (Å²) in [6.07, 6.45) is -1.53. The molecule has 2 aliphatic rings. The van der Waals surface area contributed by atoms with E-state index in [1.807, 2.05) is 0 Å². The first-order valence-corrected chi connectivity index (χ1v) is 7.51. The fourth-order valence-electron chi connectivity index (χ4n) is 2.92. The molecule has 1 N–H and O–H groups in total. The van der Waals surface area contributed by atoms with E-state index in [4.69, 9.17) is 4.74 Å². The van der Waals surface area contributed by atoms with Crippen molar-refractivity contribution in [3.8, 4) is 0 Å². The molecular weight excluding hydrogens is 295 g/mol. The van der Waals surface area contributed by atoms with Crippen LogP contribution in [-0.2, 0) is 15.7 Å². The molecule has 0 spiro atoms. The molecule has 3 rings (SSSR count). The minimum Gasteiger partial charge on any atom is -0.376 e. The number of carbonyl (C=O) groups excluding carboxylic acids is 1. The third-order valence-electron chi connectivity index (χ3n) is 4.32. The van der Waals surface area contributed by atoms with Gasteiger partial charge in [0, 0.05) is 19.1 Å². The SMILES string of the molecule is O=C(NCC1CCCO1)C1CC1c1ccc(C(F)(F)F)cc1. The number of halogens is 3. The van der Waals surface area contributed by atoms with Gasteiger partial charge in [-0.1, -0.05) is 12.1 Å². The lowest BCUT2D eigenvalue weighted by molar-refractivity contribution is -0.137.